The van der Waals surface area contributed by atoms with Crippen molar-refractivity contribution in [3.8, 4) is 0 Å². The molecule has 0 aliphatic carbocycles. The van der Waals surface area contributed by atoms with E-state index < -0.39 is 15.8 Å². The van der Waals surface area contributed by atoms with E-state index in [0.717, 1.165) is 12.3 Å². The first-order chi connectivity index (χ1) is 15.7. The van der Waals surface area contributed by atoms with Gasteiger partial charge >= 0.3 is 0 Å². The van der Waals surface area contributed by atoms with Crippen molar-refractivity contribution in [3.05, 3.63) is 121 Å². The van der Waals surface area contributed by atoms with E-state index in [1.807, 2.05) is 0 Å². The minimum Gasteiger partial charge on any atom is -0.330 e. The van der Waals surface area contributed by atoms with Crippen molar-refractivity contribution in [1.82, 2.24) is 0 Å². The van der Waals surface area contributed by atoms with E-state index in [2.05, 4.69) is 128 Å². The second-order valence-corrected chi connectivity index (χ2v) is 12.9. The van der Waals surface area contributed by atoms with Gasteiger partial charge in [0, 0.05) is 0 Å². The van der Waals surface area contributed by atoms with Crippen LogP contribution >= 0.6 is 15.8 Å². The fourth-order valence-electron chi connectivity index (χ4n) is 4.04. The van der Waals surface area contributed by atoms with Crippen LogP contribution in [0.3, 0.4) is 0 Å². The Morgan fingerprint density at radius 3 is 0.969 bits per heavy atom. The predicted molar refractivity (Wildman–Crippen MR) is 145 cm³/mol. The van der Waals surface area contributed by atoms with Gasteiger partial charge in [0.15, 0.2) is 0 Å². The molecule has 0 heterocycles. The van der Waals surface area contributed by atoms with E-state index in [-0.39, 0.29) is 5.41 Å². The van der Waals surface area contributed by atoms with Gasteiger partial charge in [-0.1, -0.05) is 128 Å². The summed E-state index contributed by atoms with van der Waals surface area (Å²) in [6.07, 6.45) is 2.18. The third kappa shape index (κ3) is 5.73. The molecule has 0 fully saturated rings. The van der Waals surface area contributed by atoms with Crippen LogP contribution in [-0.2, 0) is 0 Å². The maximum absolute atomic E-state index is 6.54. The second kappa shape index (κ2) is 11.0. The van der Waals surface area contributed by atoms with Crippen molar-refractivity contribution in [3.63, 3.8) is 0 Å². The SMILES string of the molecule is CC(CN)(CP(c1ccccc1)c1ccccc1)CP(c1ccccc1)c1ccccc1. The minimum atomic E-state index is -0.483. The van der Waals surface area contributed by atoms with Gasteiger partial charge in [-0.25, -0.2) is 0 Å². The summed E-state index contributed by atoms with van der Waals surface area (Å²) in [6, 6.07) is 44.0. The highest BCUT2D eigenvalue weighted by atomic mass is 31.1. The number of hydrogen-bond acceptors (Lipinski definition) is 1. The van der Waals surface area contributed by atoms with Crippen molar-refractivity contribution in [2.75, 3.05) is 18.9 Å². The summed E-state index contributed by atoms with van der Waals surface area (Å²) < 4.78 is 0. The molecule has 0 aliphatic rings. The fraction of sp³-hybridized carbons (Fsp3) is 0.172. The highest BCUT2D eigenvalue weighted by Gasteiger charge is 2.32. The summed E-state index contributed by atoms with van der Waals surface area (Å²) in [5.41, 5.74) is 6.57. The maximum atomic E-state index is 6.54. The average molecular weight is 456 g/mol. The Balaban J connectivity index is 1.69. The summed E-state index contributed by atoms with van der Waals surface area (Å²) in [5.74, 6) is 0. The Morgan fingerprint density at radius 1 is 0.500 bits per heavy atom. The molecule has 3 heteroatoms. The van der Waals surface area contributed by atoms with Crippen LogP contribution in [0.2, 0.25) is 0 Å². The van der Waals surface area contributed by atoms with Crippen LogP contribution in [0.5, 0.6) is 0 Å². The van der Waals surface area contributed by atoms with Crippen LogP contribution < -0.4 is 27.0 Å². The van der Waals surface area contributed by atoms with E-state index in [9.17, 15) is 0 Å². The lowest BCUT2D eigenvalue weighted by Gasteiger charge is -2.36. The van der Waals surface area contributed by atoms with Crippen LogP contribution in [0.1, 0.15) is 6.92 Å². The highest BCUT2D eigenvalue weighted by molar-refractivity contribution is 7.74. The molecule has 0 saturated heterocycles. The van der Waals surface area contributed by atoms with Gasteiger partial charge < -0.3 is 5.73 Å². The molecule has 0 unspecified atom stereocenters. The minimum absolute atomic E-state index is 0.0365. The summed E-state index contributed by atoms with van der Waals surface area (Å²) in [6.45, 7) is 3.08. The van der Waals surface area contributed by atoms with E-state index >= 15 is 0 Å². The van der Waals surface area contributed by atoms with Gasteiger partial charge in [0.25, 0.3) is 0 Å². The third-order valence-corrected chi connectivity index (χ3v) is 11.7. The van der Waals surface area contributed by atoms with Crippen LogP contribution in [0.15, 0.2) is 121 Å². The zero-order valence-corrected chi connectivity index (χ0v) is 20.4. The fourth-order valence-corrected chi connectivity index (χ4v) is 9.68. The standard InChI is InChI=1S/C29H31NP2/c1-29(22-30,23-31(25-14-6-2-7-15-25)26-16-8-3-9-17-26)24-32(27-18-10-4-11-19-27)28-20-12-5-13-21-28/h2-21H,22-24,30H2,1H3. The first-order valence-electron chi connectivity index (χ1n) is 11.1. The third-order valence-electron chi connectivity index (χ3n) is 5.84. The number of rotatable bonds is 9. The molecular weight excluding hydrogens is 424 g/mol. The van der Waals surface area contributed by atoms with Gasteiger partial charge in [-0.3, -0.25) is 0 Å². The first kappa shape index (κ1) is 22.9. The lowest BCUT2D eigenvalue weighted by atomic mass is 9.97. The van der Waals surface area contributed by atoms with Crippen LogP contribution in [0.4, 0.5) is 0 Å². The molecule has 1 nitrogen and oxygen atoms in total. The van der Waals surface area contributed by atoms with E-state index in [4.69, 9.17) is 5.73 Å². The molecule has 0 saturated carbocycles. The quantitative estimate of drug-likeness (QED) is 0.344. The Labute approximate surface area is 195 Å². The van der Waals surface area contributed by atoms with Crippen LogP contribution in [0.25, 0.3) is 0 Å². The van der Waals surface area contributed by atoms with Gasteiger partial charge in [-0.05, 0) is 61.3 Å². The molecule has 4 rings (SSSR count). The molecule has 2 N–H and O–H groups in total. The number of nitrogens with two attached hydrogens (primary N) is 1. The Bertz CT molecular complexity index is 905. The normalized spacial score (nSPS) is 11.8. The molecule has 0 spiro atoms. The van der Waals surface area contributed by atoms with Gasteiger partial charge in [0.1, 0.15) is 0 Å². The molecule has 0 bridgehead atoms. The van der Waals surface area contributed by atoms with Crippen molar-refractivity contribution >= 4 is 37.1 Å². The monoisotopic (exact) mass is 455 g/mol. The molecule has 162 valence electrons. The smallest absolute Gasteiger partial charge is 0.00160 e. The zero-order valence-electron chi connectivity index (χ0n) is 18.6. The predicted octanol–water partition coefficient (Wildman–Crippen LogP) is 5.22. The van der Waals surface area contributed by atoms with Crippen LogP contribution in [0, 0.1) is 5.41 Å². The first-order valence-corrected chi connectivity index (χ1v) is 14.2. The van der Waals surface area contributed by atoms with Gasteiger partial charge in [-0.2, -0.15) is 0 Å². The average Bonchev–Trinajstić information content (AvgIpc) is 2.88. The topological polar surface area (TPSA) is 26.0 Å². The van der Waals surface area contributed by atoms with Crippen molar-refractivity contribution in [1.29, 1.82) is 0 Å². The Hall–Kier alpha value is -2.30. The van der Waals surface area contributed by atoms with Crippen LogP contribution in [-0.4, -0.2) is 18.9 Å². The molecule has 4 aromatic carbocycles. The Kier molecular flexibility index (Phi) is 7.88. The number of hydrogen-bond donors (Lipinski definition) is 1. The van der Waals surface area contributed by atoms with E-state index in [1.54, 1.807) is 0 Å². The molecular formula is C29H31NP2. The maximum Gasteiger partial charge on any atom is -0.00160 e. The second-order valence-electron chi connectivity index (χ2n) is 8.53. The molecule has 0 amide bonds. The van der Waals surface area contributed by atoms with Gasteiger partial charge in [0.2, 0.25) is 0 Å². The molecule has 4 aromatic rings. The highest BCUT2D eigenvalue weighted by Crippen LogP contribution is 2.46. The molecule has 0 aliphatic heterocycles. The zero-order chi connectivity index (χ0) is 22.2. The molecule has 32 heavy (non-hydrogen) atoms. The number of benzene rings is 4. The lowest BCUT2D eigenvalue weighted by Crippen LogP contribution is -2.38. The summed E-state index contributed by atoms with van der Waals surface area (Å²) in [4.78, 5) is 0. The van der Waals surface area contributed by atoms with Crippen molar-refractivity contribution < 1.29 is 0 Å². The summed E-state index contributed by atoms with van der Waals surface area (Å²) in [7, 11) is -0.965. The molecule has 0 radical (unpaired) electrons. The van der Waals surface area contributed by atoms with Gasteiger partial charge in [0.05, 0.1) is 0 Å². The summed E-state index contributed by atoms with van der Waals surface area (Å²) in [5, 5.41) is 5.71. The van der Waals surface area contributed by atoms with Gasteiger partial charge in [-0.15, -0.1) is 0 Å². The molecule has 0 aromatic heterocycles. The lowest BCUT2D eigenvalue weighted by molar-refractivity contribution is 0.445. The van der Waals surface area contributed by atoms with E-state index in [1.165, 1.54) is 21.2 Å². The van der Waals surface area contributed by atoms with Crippen molar-refractivity contribution in [2.24, 2.45) is 11.1 Å². The largest absolute Gasteiger partial charge is 0.330 e. The molecule has 0 atom stereocenters. The summed E-state index contributed by atoms with van der Waals surface area (Å²) >= 11 is 0. The van der Waals surface area contributed by atoms with Crippen molar-refractivity contribution in [2.45, 2.75) is 6.92 Å². The van der Waals surface area contributed by atoms with E-state index in [0.29, 0.717) is 6.54 Å². The Morgan fingerprint density at radius 2 is 0.750 bits per heavy atom.